The first kappa shape index (κ1) is 17.5. The zero-order chi connectivity index (χ0) is 18.8. The summed E-state index contributed by atoms with van der Waals surface area (Å²) in [6.07, 6.45) is 5.47. The molecule has 0 saturated carbocycles. The van der Waals surface area contributed by atoms with Crippen molar-refractivity contribution >= 4 is 5.91 Å². The van der Waals surface area contributed by atoms with Gasteiger partial charge in [-0.15, -0.1) is 0 Å². The van der Waals surface area contributed by atoms with Gasteiger partial charge in [0.1, 0.15) is 17.6 Å². The maximum Gasteiger partial charge on any atom is 0.243 e. The van der Waals surface area contributed by atoms with E-state index in [0.29, 0.717) is 0 Å². The number of rotatable bonds is 4. The van der Waals surface area contributed by atoms with Gasteiger partial charge >= 0.3 is 0 Å². The minimum absolute atomic E-state index is 0.0645. The lowest BCUT2D eigenvalue weighted by Gasteiger charge is -2.18. The zero-order valence-electron chi connectivity index (χ0n) is 15.8. The van der Waals surface area contributed by atoms with Crippen molar-refractivity contribution < 1.29 is 4.79 Å². The van der Waals surface area contributed by atoms with Crippen molar-refractivity contribution in [2.24, 2.45) is 0 Å². The van der Waals surface area contributed by atoms with Crippen molar-refractivity contribution in [3.63, 3.8) is 0 Å². The fourth-order valence-corrected chi connectivity index (χ4v) is 3.75. The number of nitrogens with one attached hydrogen (secondary N) is 2. The van der Waals surface area contributed by atoms with Crippen molar-refractivity contribution in [2.75, 3.05) is 6.54 Å². The lowest BCUT2D eigenvalue weighted by atomic mass is 10.1. The predicted octanol–water partition coefficient (Wildman–Crippen LogP) is 3.65. The van der Waals surface area contributed by atoms with E-state index in [-0.39, 0.29) is 11.9 Å². The Hall–Kier alpha value is -2.89. The molecule has 3 aromatic rings. The maximum absolute atomic E-state index is 12.7. The molecular weight excluding hydrogens is 338 g/mol. The first-order chi connectivity index (χ1) is 13.2. The van der Waals surface area contributed by atoms with Crippen molar-refractivity contribution in [3.8, 4) is 22.6 Å². The van der Waals surface area contributed by atoms with Crippen LogP contribution >= 0.6 is 0 Å². The van der Waals surface area contributed by atoms with Crippen LogP contribution in [0.2, 0.25) is 0 Å². The number of benzene rings is 1. The Bertz CT molecular complexity index is 941. The molecule has 1 aliphatic heterocycles. The van der Waals surface area contributed by atoms with Gasteiger partial charge in [0.2, 0.25) is 5.91 Å². The smallest absolute Gasteiger partial charge is 0.243 e. The van der Waals surface area contributed by atoms with Gasteiger partial charge in [0.25, 0.3) is 0 Å². The third-order valence-electron chi connectivity index (χ3n) is 5.18. The number of H-pyrrole nitrogens is 1. The van der Waals surface area contributed by atoms with Gasteiger partial charge in [-0.25, -0.2) is 9.97 Å². The number of carbonyl (C=O) groups excluding carboxylic acids is 1. The Balaban J connectivity index is 1.90. The summed E-state index contributed by atoms with van der Waals surface area (Å²) in [5.74, 6) is 1.01. The van der Waals surface area contributed by atoms with Crippen LogP contribution in [0.25, 0.3) is 22.6 Å². The minimum atomic E-state index is -0.256. The molecule has 2 aromatic heterocycles. The molecule has 140 valence electrons. The predicted molar refractivity (Wildman–Crippen MR) is 105 cm³/mol. The van der Waals surface area contributed by atoms with E-state index in [1.165, 1.54) is 0 Å². The summed E-state index contributed by atoms with van der Waals surface area (Å²) in [4.78, 5) is 25.6. The summed E-state index contributed by atoms with van der Waals surface area (Å²) in [5.41, 5.74) is 4.68. The number of hydrogen-bond donors (Lipinski definition) is 2. The number of hydrogen-bond acceptors (Lipinski definition) is 3. The van der Waals surface area contributed by atoms with Crippen molar-refractivity contribution in [2.45, 2.75) is 45.6 Å². The molecular formula is C21H25N5O. The highest BCUT2D eigenvalue weighted by molar-refractivity contribution is 5.84. The monoisotopic (exact) mass is 363 g/mol. The summed E-state index contributed by atoms with van der Waals surface area (Å²) in [6, 6.07) is 9.84. The van der Waals surface area contributed by atoms with Gasteiger partial charge in [-0.2, -0.15) is 0 Å². The summed E-state index contributed by atoms with van der Waals surface area (Å²) >= 11 is 0. The third-order valence-corrected chi connectivity index (χ3v) is 5.18. The highest BCUT2D eigenvalue weighted by Gasteiger charge is 2.28. The van der Waals surface area contributed by atoms with Gasteiger partial charge < -0.3 is 14.9 Å². The molecule has 6 nitrogen and oxygen atoms in total. The second kappa shape index (κ2) is 7.39. The van der Waals surface area contributed by atoms with Gasteiger partial charge in [-0.05, 0) is 26.2 Å². The summed E-state index contributed by atoms with van der Waals surface area (Å²) < 4.78 is 2.02. The first-order valence-electron chi connectivity index (χ1n) is 9.64. The molecule has 1 atom stereocenters. The number of carbonyl (C=O) groups is 1. The summed E-state index contributed by atoms with van der Waals surface area (Å²) in [6.45, 7) is 4.85. The lowest BCUT2D eigenvalue weighted by molar-refractivity contribution is -0.124. The number of aromatic nitrogens is 4. The van der Waals surface area contributed by atoms with Gasteiger partial charge in [-0.1, -0.05) is 37.3 Å². The van der Waals surface area contributed by atoms with Crippen LogP contribution in [-0.4, -0.2) is 32.0 Å². The molecule has 0 radical (unpaired) electrons. The van der Waals surface area contributed by atoms with E-state index in [4.69, 9.17) is 9.97 Å². The SMILES string of the molecule is CCc1nc(-c2c(-c3ccccc3)ncn2[C@H]2CCCCNC2=O)c(C)[nH]1. The normalized spacial score (nSPS) is 17.6. The molecule has 1 saturated heterocycles. The minimum Gasteiger partial charge on any atom is -0.354 e. The van der Waals surface area contributed by atoms with Crippen LogP contribution in [0.15, 0.2) is 36.7 Å². The number of aryl methyl sites for hydroxylation is 2. The topological polar surface area (TPSA) is 75.6 Å². The molecule has 0 spiro atoms. The van der Waals surface area contributed by atoms with Gasteiger partial charge in [0.05, 0.1) is 17.7 Å². The van der Waals surface area contributed by atoms with Crippen molar-refractivity contribution in [1.82, 2.24) is 24.8 Å². The van der Waals surface area contributed by atoms with E-state index >= 15 is 0 Å². The summed E-state index contributed by atoms with van der Waals surface area (Å²) in [5, 5.41) is 3.04. The maximum atomic E-state index is 12.7. The average molecular weight is 363 g/mol. The standard InChI is InChI=1S/C21H25N5O/c1-3-17-24-14(2)18(25-17)20-19(15-9-5-4-6-10-15)23-13-26(20)16-11-7-8-12-22-21(16)27/h4-6,9-10,13,16H,3,7-8,11-12H2,1-2H3,(H,22,27)(H,24,25)/t16-/m0/s1. The molecule has 0 aliphatic carbocycles. The van der Waals surface area contributed by atoms with Crippen LogP contribution in [0, 0.1) is 6.92 Å². The third kappa shape index (κ3) is 3.27. The van der Waals surface area contributed by atoms with Crippen LogP contribution in [0.3, 0.4) is 0 Å². The van der Waals surface area contributed by atoms with E-state index in [2.05, 4.69) is 17.2 Å². The van der Waals surface area contributed by atoms with Gasteiger partial charge in [-0.3, -0.25) is 4.79 Å². The van der Waals surface area contributed by atoms with Crippen LogP contribution < -0.4 is 5.32 Å². The second-order valence-electron chi connectivity index (χ2n) is 7.03. The Labute approximate surface area is 159 Å². The average Bonchev–Trinajstić information content (AvgIpc) is 3.21. The molecule has 1 amide bonds. The Morgan fingerprint density at radius 2 is 2.00 bits per heavy atom. The molecule has 27 heavy (non-hydrogen) atoms. The zero-order valence-corrected chi connectivity index (χ0v) is 15.8. The Morgan fingerprint density at radius 3 is 2.74 bits per heavy atom. The highest BCUT2D eigenvalue weighted by atomic mass is 16.2. The van der Waals surface area contributed by atoms with Crippen LogP contribution in [0.1, 0.15) is 43.7 Å². The molecule has 3 heterocycles. The highest BCUT2D eigenvalue weighted by Crippen LogP contribution is 2.35. The molecule has 1 aromatic carbocycles. The summed E-state index contributed by atoms with van der Waals surface area (Å²) in [7, 11) is 0. The van der Waals surface area contributed by atoms with Crippen LogP contribution in [-0.2, 0) is 11.2 Å². The van der Waals surface area contributed by atoms with Crippen LogP contribution in [0.5, 0.6) is 0 Å². The lowest BCUT2D eigenvalue weighted by Crippen LogP contribution is -2.31. The number of aromatic amines is 1. The molecule has 0 bridgehead atoms. The van der Waals surface area contributed by atoms with Crippen molar-refractivity contribution in [1.29, 1.82) is 0 Å². The van der Waals surface area contributed by atoms with E-state index in [1.54, 1.807) is 6.33 Å². The molecule has 1 aliphatic rings. The van der Waals surface area contributed by atoms with Crippen LogP contribution in [0.4, 0.5) is 0 Å². The Morgan fingerprint density at radius 1 is 1.19 bits per heavy atom. The number of amides is 1. The largest absolute Gasteiger partial charge is 0.354 e. The first-order valence-corrected chi connectivity index (χ1v) is 9.64. The van der Waals surface area contributed by atoms with E-state index < -0.39 is 0 Å². The molecule has 0 unspecified atom stereocenters. The molecule has 1 fully saturated rings. The van der Waals surface area contributed by atoms with E-state index in [0.717, 1.165) is 66.4 Å². The van der Waals surface area contributed by atoms with Gasteiger partial charge in [0.15, 0.2) is 0 Å². The quantitative estimate of drug-likeness (QED) is 0.743. The van der Waals surface area contributed by atoms with Gasteiger partial charge in [0, 0.05) is 24.2 Å². The Kier molecular flexibility index (Phi) is 4.79. The van der Waals surface area contributed by atoms with E-state index in [1.807, 2.05) is 41.8 Å². The number of imidazole rings is 2. The molecule has 4 rings (SSSR count). The number of nitrogens with zero attached hydrogens (tertiary/aromatic N) is 3. The fourth-order valence-electron chi connectivity index (χ4n) is 3.75. The second-order valence-corrected chi connectivity index (χ2v) is 7.03. The molecule has 6 heteroatoms. The van der Waals surface area contributed by atoms with Crippen molar-refractivity contribution in [3.05, 3.63) is 48.2 Å². The van der Waals surface area contributed by atoms with E-state index in [9.17, 15) is 4.79 Å². The fraction of sp³-hybridized carbons (Fsp3) is 0.381. The molecule has 2 N–H and O–H groups in total.